The zero-order valence-corrected chi connectivity index (χ0v) is 6.80. The Morgan fingerprint density at radius 2 is 2.50 bits per heavy atom. The predicted octanol–water partition coefficient (Wildman–Crippen LogP) is 2.43. The molecule has 1 nitrogen and oxygen atoms in total. The monoisotopic (exact) mass is 137 g/mol. The lowest BCUT2D eigenvalue weighted by atomic mass is 9.93. The summed E-state index contributed by atoms with van der Waals surface area (Å²) in [6.45, 7) is 2.24. The Bertz CT molecular complexity index is 156. The Labute approximate surface area is 62.9 Å². The third-order valence-electron chi connectivity index (χ3n) is 2.14. The van der Waals surface area contributed by atoms with E-state index in [-0.39, 0.29) is 0 Å². The van der Waals surface area contributed by atoms with Gasteiger partial charge in [-0.2, -0.15) is 0 Å². The van der Waals surface area contributed by atoms with Gasteiger partial charge >= 0.3 is 0 Å². The summed E-state index contributed by atoms with van der Waals surface area (Å²) >= 11 is 0. The summed E-state index contributed by atoms with van der Waals surface area (Å²) in [6, 6.07) is 0. The molecule has 0 aromatic rings. The summed E-state index contributed by atoms with van der Waals surface area (Å²) < 4.78 is 0. The molecule has 0 amide bonds. The van der Waals surface area contributed by atoms with E-state index in [0.717, 1.165) is 5.92 Å². The van der Waals surface area contributed by atoms with Crippen molar-refractivity contribution >= 4 is 5.71 Å². The van der Waals surface area contributed by atoms with Crippen LogP contribution in [0.15, 0.2) is 17.1 Å². The molecular weight excluding hydrogens is 122 g/mol. The molecule has 0 aromatic heterocycles. The van der Waals surface area contributed by atoms with Crippen LogP contribution in [0, 0.1) is 5.92 Å². The van der Waals surface area contributed by atoms with Gasteiger partial charge in [0.15, 0.2) is 0 Å². The van der Waals surface area contributed by atoms with Crippen LogP contribution in [0.5, 0.6) is 0 Å². The summed E-state index contributed by atoms with van der Waals surface area (Å²) in [5.74, 6) is 0.811. The highest BCUT2D eigenvalue weighted by Crippen LogP contribution is 2.17. The van der Waals surface area contributed by atoms with Crippen molar-refractivity contribution < 1.29 is 0 Å². The minimum atomic E-state index is 0.811. The quantitative estimate of drug-likeness (QED) is 0.526. The van der Waals surface area contributed by atoms with Crippen LogP contribution >= 0.6 is 0 Å². The van der Waals surface area contributed by atoms with Crippen molar-refractivity contribution in [1.82, 2.24) is 0 Å². The van der Waals surface area contributed by atoms with E-state index < -0.39 is 0 Å². The fourth-order valence-electron chi connectivity index (χ4n) is 1.29. The molecule has 1 atom stereocenters. The molecule has 1 aliphatic carbocycles. The molecule has 0 saturated heterocycles. The van der Waals surface area contributed by atoms with E-state index in [1.807, 2.05) is 7.05 Å². The van der Waals surface area contributed by atoms with Crippen molar-refractivity contribution in [3.05, 3.63) is 12.2 Å². The minimum Gasteiger partial charge on any atom is -0.293 e. The van der Waals surface area contributed by atoms with Crippen molar-refractivity contribution in [2.45, 2.75) is 26.2 Å². The highest BCUT2D eigenvalue weighted by molar-refractivity contribution is 5.95. The second kappa shape index (κ2) is 3.55. The summed E-state index contributed by atoms with van der Waals surface area (Å²) in [6.07, 6.45) is 8.18. The molecule has 10 heavy (non-hydrogen) atoms. The number of hydrogen-bond acceptors (Lipinski definition) is 1. The molecule has 0 saturated carbocycles. The third kappa shape index (κ3) is 1.69. The lowest BCUT2D eigenvalue weighted by Crippen LogP contribution is -2.06. The standard InChI is InChI=1S/C9H15N/c1-3-8-4-6-9(10-2)7-5-8/h4,6,8H,3,5,7H2,1-2H3. The van der Waals surface area contributed by atoms with Crippen molar-refractivity contribution in [3.63, 3.8) is 0 Å². The maximum atomic E-state index is 4.15. The first-order chi connectivity index (χ1) is 4.86. The average Bonchev–Trinajstić information content (AvgIpc) is 2.05. The summed E-state index contributed by atoms with van der Waals surface area (Å²) in [7, 11) is 1.87. The number of aliphatic imine (C=N–C) groups is 1. The van der Waals surface area contributed by atoms with E-state index in [1.165, 1.54) is 25.0 Å². The summed E-state index contributed by atoms with van der Waals surface area (Å²) in [5, 5.41) is 0. The Morgan fingerprint density at radius 1 is 1.70 bits per heavy atom. The molecule has 1 unspecified atom stereocenters. The molecule has 0 radical (unpaired) electrons. The largest absolute Gasteiger partial charge is 0.293 e. The van der Waals surface area contributed by atoms with Crippen LogP contribution in [0.2, 0.25) is 0 Å². The first-order valence-corrected chi connectivity index (χ1v) is 4.00. The second-order valence-corrected chi connectivity index (χ2v) is 2.78. The maximum absolute atomic E-state index is 4.15. The van der Waals surface area contributed by atoms with Crippen LogP contribution in [0.25, 0.3) is 0 Å². The van der Waals surface area contributed by atoms with Crippen molar-refractivity contribution in [3.8, 4) is 0 Å². The van der Waals surface area contributed by atoms with Gasteiger partial charge in [0.1, 0.15) is 0 Å². The van der Waals surface area contributed by atoms with Gasteiger partial charge < -0.3 is 0 Å². The van der Waals surface area contributed by atoms with Gasteiger partial charge in [0.25, 0.3) is 0 Å². The molecule has 0 bridgehead atoms. The Balaban J connectivity index is 2.52. The normalized spacial score (nSPS) is 29.4. The molecule has 0 spiro atoms. The zero-order chi connectivity index (χ0) is 7.40. The number of nitrogens with zero attached hydrogens (tertiary/aromatic N) is 1. The molecule has 0 N–H and O–H groups in total. The molecule has 0 fully saturated rings. The second-order valence-electron chi connectivity index (χ2n) is 2.78. The van der Waals surface area contributed by atoms with Gasteiger partial charge in [0.2, 0.25) is 0 Å². The number of allylic oxidation sites excluding steroid dienone is 2. The maximum Gasteiger partial charge on any atom is 0.0342 e. The highest BCUT2D eigenvalue weighted by atomic mass is 14.7. The van der Waals surface area contributed by atoms with Gasteiger partial charge in [-0.1, -0.05) is 13.0 Å². The van der Waals surface area contributed by atoms with E-state index >= 15 is 0 Å². The molecule has 1 heteroatoms. The van der Waals surface area contributed by atoms with Gasteiger partial charge in [-0.3, -0.25) is 4.99 Å². The van der Waals surface area contributed by atoms with Crippen LogP contribution in [0.4, 0.5) is 0 Å². The summed E-state index contributed by atoms with van der Waals surface area (Å²) in [4.78, 5) is 4.15. The van der Waals surface area contributed by atoms with Crippen molar-refractivity contribution in [2.75, 3.05) is 7.05 Å². The van der Waals surface area contributed by atoms with E-state index in [0.29, 0.717) is 0 Å². The van der Waals surface area contributed by atoms with E-state index in [1.54, 1.807) is 0 Å². The predicted molar refractivity (Wildman–Crippen MR) is 45.5 cm³/mol. The minimum absolute atomic E-state index is 0.811. The van der Waals surface area contributed by atoms with Gasteiger partial charge in [0.05, 0.1) is 0 Å². The molecule has 1 rings (SSSR count). The third-order valence-corrected chi connectivity index (χ3v) is 2.14. The lowest BCUT2D eigenvalue weighted by Gasteiger charge is -2.14. The molecule has 1 aliphatic rings. The van der Waals surface area contributed by atoms with Crippen LogP contribution in [0.3, 0.4) is 0 Å². The fourth-order valence-corrected chi connectivity index (χ4v) is 1.29. The van der Waals surface area contributed by atoms with Gasteiger partial charge in [0, 0.05) is 12.8 Å². The van der Waals surface area contributed by atoms with E-state index in [4.69, 9.17) is 0 Å². The first-order valence-electron chi connectivity index (χ1n) is 4.00. The Morgan fingerprint density at radius 3 is 2.90 bits per heavy atom. The number of rotatable bonds is 1. The van der Waals surface area contributed by atoms with Crippen molar-refractivity contribution in [2.24, 2.45) is 10.9 Å². The Hall–Kier alpha value is -0.590. The van der Waals surface area contributed by atoms with Crippen LogP contribution in [0.1, 0.15) is 26.2 Å². The first kappa shape index (κ1) is 7.52. The zero-order valence-electron chi connectivity index (χ0n) is 6.80. The molecule has 56 valence electrons. The lowest BCUT2D eigenvalue weighted by molar-refractivity contribution is 0.579. The smallest absolute Gasteiger partial charge is 0.0342 e. The molecule has 0 aliphatic heterocycles. The molecule has 0 heterocycles. The van der Waals surface area contributed by atoms with Crippen LogP contribution in [-0.4, -0.2) is 12.8 Å². The van der Waals surface area contributed by atoms with Gasteiger partial charge in [-0.15, -0.1) is 0 Å². The van der Waals surface area contributed by atoms with Gasteiger partial charge in [-0.05, 0) is 31.3 Å². The topological polar surface area (TPSA) is 12.4 Å². The highest BCUT2D eigenvalue weighted by Gasteiger charge is 2.08. The van der Waals surface area contributed by atoms with E-state index in [9.17, 15) is 0 Å². The van der Waals surface area contributed by atoms with Crippen LogP contribution in [-0.2, 0) is 0 Å². The summed E-state index contributed by atoms with van der Waals surface area (Å²) in [5.41, 5.74) is 1.25. The number of hydrogen-bond donors (Lipinski definition) is 0. The Kier molecular flexibility index (Phi) is 2.67. The van der Waals surface area contributed by atoms with E-state index in [2.05, 4.69) is 24.1 Å². The van der Waals surface area contributed by atoms with Gasteiger partial charge in [-0.25, -0.2) is 0 Å². The fraction of sp³-hybridized carbons (Fsp3) is 0.667. The van der Waals surface area contributed by atoms with Crippen molar-refractivity contribution in [1.29, 1.82) is 0 Å². The SMILES string of the molecule is CCC1C=CC(=NC)CC1. The molecular formula is C9H15N. The average molecular weight is 137 g/mol. The van der Waals surface area contributed by atoms with Crippen LogP contribution < -0.4 is 0 Å². The molecule has 0 aromatic carbocycles.